The van der Waals surface area contributed by atoms with Crippen molar-refractivity contribution in [2.24, 2.45) is 5.92 Å². The molecule has 8 rings (SSSR count). The van der Waals surface area contributed by atoms with E-state index < -0.39 is 12.0 Å². The number of rotatable bonds is 3. The number of anilines is 1. The summed E-state index contributed by atoms with van der Waals surface area (Å²) < 4.78 is 34.0. The molecule has 42 heavy (non-hydrogen) atoms. The summed E-state index contributed by atoms with van der Waals surface area (Å²) in [5, 5.41) is 5.77. The fraction of sp³-hybridized carbons (Fsp3) is 0.424. The van der Waals surface area contributed by atoms with Gasteiger partial charge in [0, 0.05) is 61.0 Å². The van der Waals surface area contributed by atoms with E-state index in [4.69, 9.17) is 11.2 Å². The van der Waals surface area contributed by atoms with Crippen molar-refractivity contribution in [3.63, 3.8) is 0 Å². The summed E-state index contributed by atoms with van der Waals surface area (Å²) in [6, 6.07) is 12.5. The van der Waals surface area contributed by atoms with Gasteiger partial charge in [-0.2, -0.15) is 9.97 Å². The molecule has 0 aliphatic carbocycles. The summed E-state index contributed by atoms with van der Waals surface area (Å²) in [6.45, 7) is 4.61. The molecule has 0 spiro atoms. The van der Waals surface area contributed by atoms with Crippen LogP contribution in [0.25, 0.3) is 32.9 Å². The van der Waals surface area contributed by atoms with E-state index in [1.807, 2.05) is 36.4 Å². The predicted molar refractivity (Wildman–Crippen MR) is 161 cm³/mol. The number of pyridine rings is 1. The fourth-order valence-corrected chi connectivity index (χ4v) is 7.32. The number of benzene rings is 2. The number of ether oxygens (including phenoxy) is 1. The molecule has 0 amide bonds. The average Bonchev–Trinajstić information content (AvgIpc) is 3.80. The normalized spacial score (nSPS) is 24.9. The topological polar surface area (TPSA) is 66.4 Å². The highest BCUT2D eigenvalue weighted by molar-refractivity contribution is 6.02. The molecule has 2 aromatic carbocycles. The summed E-state index contributed by atoms with van der Waals surface area (Å²) in [5.74, 6) is 3.45. The average molecular weight is 569 g/mol. The zero-order valence-electron chi connectivity index (χ0n) is 23.7. The standard InChI is InChI=1S/C26H22FN5O.C7H12FN/c1-3-15-6-4-7-16-8-5-9-18(21(15)16)23-22(27)24-19(13-29-23)25(31-26(30-24)33-2)32-11-10-17-12-28-14-20(17)32;8-6-4-7-2-1-3-9(7)5-6/h1,4-9,13,17,20,28H,10-12,14H2,2H3;6-7H,1-5H2. The molecule has 1 N–H and O–H groups in total. The highest BCUT2D eigenvalue weighted by Crippen LogP contribution is 2.39. The van der Waals surface area contributed by atoms with Crippen LogP contribution in [0.1, 0.15) is 31.2 Å². The molecular weight excluding hydrogens is 534 g/mol. The highest BCUT2D eigenvalue weighted by Gasteiger charge is 2.39. The Hall–Kier alpha value is -3.87. The van der Waals surface area contributed by atoms with Gasteiger partial charge in [0.1, 0.15) is 23.2 Å². The lowest BCUT2D eigenvalue weighted by Gasteiger charge is -2.26. The Morgan fingerprint density at radius 2 is 1.95 bits per heavy atom. The summed E-state index contributed by atoms with van der Waals surface area (Å²) >= 11 is 0. The molecule has 216 valence electrons. The van der Waals surface area contributed by atoms with E-state index in [2.05, 4.69) is 36.0 Å². The van der Waals surface area contributed by atoms with Gasteiger partial charge in [-0.1, -0.05) is 36.3 Å². The van der Waals surface area contributed by atoms with Crippen molar-refractivity contribution in [1.82, 2.24) is 25.2 Å². The maximum Gasteiger partial charge on any atom is 0.318 e. The van der Waals surface area contributed by atoms with Crippen molar-refractivity contribution >= 4 is 27.5 Å². The van der Waals surface area contributed by atoms with Crippen molar-refractivity contribution in [3.05, 3.63) is 54.0 Å². The molecule has 6 heterocycles. The van der Waals surface area contributed by atoms with Gasteiger partial charge in [0.15, 0.2) is 5.82 Å². The Bertz CT molecular complexity index is 1670. The van der Waals surface area contributed by atoms with Crippen LogP contribution in [0, 0.1) is 24.1 Å². The molecule has 0 bridgehead atoms. The minimum absolute atomic E-state index is 0.144. The van der Waals surface area contributed by atoms with E-state index in [1.54, 1.807) is 6.20 Å². The van der Waals surface area contributed by atoms with Crippen LogP contribution in [0.2, 0.25) is 0 Å². The van der Waals surface area contributed by atoms with Gasteiger partial charge >= 0.3 is 6.01 Å². The summed E-state index contributed by atoms with van der Waals surface area (Å²) in [6.07, 6.45) is 11.3. The van der Waals surface area contributed by atoms with Gasteiger partial charge in [0.2, 0.25) is 0 Å². The zero-order chi connectivity index (χ0) is 28.8. The smallest absolute Gasteiger partial charge is 0.318 e. The second-order valence-corrected chi connectivity index (χ2v) is 11.7. The van der Waals surface area contributed by atoms with Gasteiger partial charge in [0.05, 0.1) is 12.5 Å². The number of halogens is 2. The van der Waals surface area contributed by atoms with Crippen LogP contribution in [-0.4, -0.2) is 77.9 Å². The third-order valence-corrected chi connectivity index (χ3v) is 9.32. The van der Waals surface area contributed by atoms with Crippen LogP contribution in [0.4, 0.5) is 14.6 Å². The lowest BCUT2D eigenvalue weighted by atomic mass is 9.97. The lowest BCUT2D eigenvalue weighted by molar-refractivity contribution is 0.292. The SMILES string of the molecule is C#Cc1cccc2cccc(-c3ncc4c(N5CCC6CNCC65)nc(OC)nc4c3F)c12.FC1CC2CCCN2C1. The van der Waals surface area contributed by atoms with E-state index in [0.29, 0.717) is 46.9 Å². The number of fused-ring (bicyclic) bond motifs is 4. The molecule has 4 aromatic rings. The number of hydrogen-bond acceptors (Lipinski definition) is 7. The van der Waals surface area contributed by atoms with E-state index in [-0.39, 0.29) is 17.2 Å². The largest absolute Gasteiger partial charge is 0.467 e. The highest BCUT2D eigenvalue weighted by atomic mass is 19.1. The molecule has 2 aromatic heterocycles. The Balaban J connectivity index is 0.000000272. The molecule has 9 heteroatoms. The minimum Gasteiger partial charge on any atom is -0.467 e. The number of alkyl halides is 1. The van der Waals surface area contributed by atoms with Crippen LogP contribution >= 0.6 is 0 Å². The van der Waals surface area contributed by atoms with Crippen LogP contribution in [0.5, 0.6) is 6.01 Å². The van der Waals surface area contributed by atoms with Crippen molar-refractivity contribution in [2.45, 2.75) is 43.9 Å². The second-order valence-electron chi connectivity index (χ2n) is 11.7. The van der Waals surface area contributed by atoms with Gasteiger partial charge in [0.25, 0.3) is 0 Å². The third kappa shape index (κ3) is 4.63. The zero-order valence-corrected chi connectivity index (χ0v) is 23.7. The second kappa shape index (κ2) is 11.1. The molecular formula is C33H34F2N6O. The summed E-state index contributed by atoms with van der Waals surface area (Å²) in [4.78, 5) is 18.1. The molecule has 4 aliphatic heterocycles. The summed E-state index contributed by atoms with van der Waals surface area (Å²) in [7, 11) is 1.50. The maximum absolute atomic E-state index is 16.1. The first kappa shape index (κ1) is 27.0. The fourth-order valence-electron chi connectivity index (χ4n) is 7.32. The van der Waals surface area contributed by atoms with E-state index in [1.165, 1.54) is 20.0 Å². The maximum atomic E-state index is 16.1. The first-order chi connectivity index (χ1) is 20.6. The van der Waals surface area contributed by atoms with Gasteiger partial charge in [-0.3, -0.25) is 9.88 Å². The quantitative estimate of drug-likeness (QED) is 0.351. The van der Waals surface area contributed by atoms with Gasteiger partial charge in [-0.05, 0) is 49.6 Å². The predicted octanol–water partition coefficient (Wildman–Crippen LogP) is 4.96. The van der Waals surface area contributed by atoms with Crippen LogP contribution in [0.15, 0.2) is 42.6 Å². The Kier molecular flexibility index (Phi) is 7.12. The number of nitrogens with one attached hydrogen (secondary N) is 1. The van der Waals surface area contributed by atoms with E-state index in [9.17, 15) is 4.39 Å². The Labute approximate surface area is 244 Å². The molecule has 0 saturated carbocycles. The molecule has 0 radical (unpaired) electrons. The van der Waals surface area contributed by atoms with Gasteiger partial charge in [-0.15, -0.1) is 6.42 Å². The number of aromatic nitrogens is 3. The van der Waals surface area contributed by atoms with Crippen molar-refractivity contribution in [1.29, 1.82) is 0 Å². The van der Waals surface area contributed by atoms with Crippen LogP contribution in [0.3, 0.4) is 0 Å². The van der Waals surface area contributed by atoms with Crippen LogP contribution < -0.4 is 15.0 Å². The van der Waals surface area contributed by atoms with Crippen molar-refractivity contribution in [3.8, 4) is 29.6 Å². The first-order valence-corrected chi connectivity index (χ1v) is 14.8. The van der Waals surface area contributed by atoms with Gasteiger partial charge in [-0.25, -0.2) is 8.78 Å². The molecule has 4 fully saturated rings. The molecule has 4 saturated heterocycles. The molecule has 4 unspecified atom stereocenters. The number of nitrogens with zero attached hydrogens (tertiary/aromatic N) is 5. The van der Waals surface area contributed by atoms with E-state index in [0.717, 1.165) is 49.8 Å². The Morgan fingerprint density at radius 1 is 1.10 bits per heavy atom. The van der Waals surface area contributed by atoms with Crippen molar-refractivity contribution in [2.75, 3.05) is 44.7 Å². The third-order valence-electron chi connectivity index (χ3n) is 9.32. The Morgan fingerprint density at radius 3 is 2.76 bits per heavy atom. The first-order valence-electron chi connectivity index (χ1n) is 14.8. The minimum atomic E-state index is -0.518. The van der Waals surface area contributed by atoms with E-state index >= 15 is 4.39 Å². The van der Waals surface area contributed by atoms with Crippen molar-refractivity contribution < 1.29 is 13.5 Å². The van der Waals surface area contributed by atoms with Crippen LogP contribution in [-0.2, 0) is 0 Å². The number of terminal acetylenes is 1. The molecule has 4 atom stereocenters. The lowest BCUT2D eigenvalue weighted by Crippen LogP contribution is -2.35. The monoisotopic (exact) mass is 568 g/mol. The summed E-state index contributed by atoms with van der Waals surface area (Å²) in [5.41, 5.74) is 1.75. The van der Waals surface area contributed by atoms with Gasteiger partial charge < -0.3 is 15.0 Å². The number of hydrogen-bond donors (Lipinski definition) is 1. The molecule has 4 aliphatic rings. The molecule has 7 nitrogen and oxygen atoms in total. The number of methoxy groups -OCH3 is 1.